The van der Waals surface area contributed by atoms with Gasteiger partial charge in [-0.05, 0) is 12.1 Å². The number of ether oxygens (including phenoxy) is 1. The van der Waals surface area contributed by atoms with Crippen molar-refractivity contribution >= 4 is 21.7 Å². The van der Waals surface area contributed by atoms with Crippen LogP contribution in [0.25, 0.3) is 0 Å². The fourth-order valence-electron chi connectivity index (χ4n) is 1.05. The topological polar surface area (TPSA) is 26.3 Å². The van der Waals surface area contributed by atoms with Gasteiger partial charge in [0.2, 0.25) is 0 Å². The van der Waals surface area contributed by atoms with E-state index in [-0.39, 0.29) is 16.9 Å². The molecule has 0 amide bonds. The molecule has 0 saturated carbocycles. The number of halogens is 3. The molecule has 5 heteroatoms. The zero-order chi connectivity index (χ0) is 11.3. The summed E-state index contributed by atoms with van der Waals surface area (Å²) in [6.45, 7) is -0.702. The van der Waals surface area contributed by atoms with Crippen LogP contribution in [0.3, 0.4) is 0 Å². The lowest BCUT2D eigenvalue weighted by molar-refractivity contribution is 0.0803. The van der Waals surface area contributed by atoms with Gasteiger partial charge in [0.1, 0.15) is 12.4 Å². The molecule has 0 aliphatic heterocycles. The van der Waals surface area contributed by atoms with Crippen molar-refractivity contribution in [1.82, 2.24) is 0 Å². The van der Waals surface area contributed by atoms with E-state index < -0.39 is 13.0 Å². The third-order valence-electron chi connectivity index (χ3n) is 1.67. The molecule has 1 rings (SSSR count). The van der Waals surface area contributed by atoms with Gasteiger partial charge in [-0.25, -0.2) is 8.78 Å². The van der Waals surface area contributed by atoms with Crippen molar-refractivity contribution in [3.63, 3.8) is 0 Å². The Morgan fingerprint density at radius 1 is 1.40 bits per heavy atom. The minimum Gasteiger partial charge on any atom is -0.487 e. The molecule has 2 nitrogen and oxygen atoms in total. The molecule has 0 bridgehead atoms. The van der Waals surface area contributed by atoms with Gasteiger partial charge in [0.15, 0.2) is 5.78 Å². The van der Waals surface area contributed by atoms with Crippen molar-refractivity contribution in [3.05, 3.63) is 29.8 Å². The second kappa shape index (κ2) is 5.80. The number of para-hydroxylation sites is 1. The van der Waals surface area contributed by atoms with Crippen LogP contribution in [0.2, 0.25) is 0 Å². The van der Waals surface area contributed by atoms with Crippen molar-refractivity contribution in [3.8, 4) is 5.75 Å². The van der Waals surface area contributed by atoms with E-state index in [1.807, 2.05) is 0 Å². The monoisotopic (exact) mass is 278 g/mol. The SMILES string of the molecule is O=C(CBr)c1ccccc1OCC(F)F. The van der Waals surface area contributed by atoms with Crippen molar-refractivity contribution in [2.75, 3.05) is 11.9 Å². The number of benzene rings is 1. The molecule has 0 spiro atoms. The van der Waals surface area contributed by atoms with E-state index in [4.69, 9.17) is 4.74 Å². The second-order valence-corrected chi connectivity index (χ2v) is 3.32. The molecule has 0 atom stereocenters. The number of rotatable bonds is 5. The van der Waals surface area contributed by atoms with Gasteiger partial charge in [0.05, 0.1) is 10.9 Å². The van der Waals surface area contributed by atoms with Crippen LogP contribution in [0, 0.1) is 0 Å². The summed E-state index contributed by atoms with van der Waals surface area (Å²) < 4.78 is 28.7. The second-order valence-electron chi connectivity index (χ2n) is 2.76. The third kappa shape index (κ3) is 3.58. The maximum Gasteiger partial charge on any atom is 0.272 e. The summed E-state index contributed by atoms with van der Waals surface area (Å²) in [5, 5.41) is 0.141. The van der Waals surface area contributed by atoms with Crippen molar-refractivity contribution in [2.24, 2.45) is 0 Å². The number of carbonyl (C=O) groups excluding carboxylic acids is 1. The Morgan fingerprint density at radius 2 is 2.07 bits per heavy atom. The summed E-state index contributed by atoms with van der Waals surface area (Å²) in [5.74, 6) is 0.00196. The van der Waals surface area contributed by atoms with Gasteiger partial charge < -0.3 is 4.74 Å². The van der Waals surface area contributed by atoms with E-state index in [0.717, 1.165) is 0 Å². The summed E-state index contributed by atoms with van der Waals surface area (Å²) in [5.41, 5.74) is 0.315. The van der Waals surface area contributed by atoms with E-state index in [9.17, 15) is 13.6 Å². The first-order chi connectivity index (χ1) is 7.15. The van der Waals surface area contributed by atoms with Crippen LogP contribution < -0.4 is 4.74 Å². The van der Waals surface area contributed by atoms with Crippen molar-refractivity contribution in [1.29, 1.82) is 0 Å². The predicted molar refractivity (Wildman–Crippen MR) is 56.1 cm³/mol. The van der Waals surface area contributed by atoms with Crippen LogP contribution in [0.1, 0.15) is 10.4 Å². The first kappa shape index (κ1) is 12.1. The smallest absolute Gasteiger partial charge is 0.272 e. The number of alkyl halides is 3. The summed E-state index contributed by atoms with van der Waals surface area (Å²) in [6, 6.07) is 6.33. The molecular formula is C10H9BrF2O2. The van der Waals surface area contributed by atoms with E-state index in [1.54, 1.807) is 18.2 Å². The van der Waals surface area contributed by atoms with E-state index >= 15 is 0 Å². The quantitative estimate of drug-likeness (QED) is 0.612. The third-order valence-corrected chi connectivity index (χ3v) is 2.18. The highest BCUT2D eigenvalue weighted by atomic mass is 79.9. The number of hydrogen-bond donors (Lipinski definition) is 0. The molecule has 82 valence electrons. The van der Waals surface area contributed by atoms with Gasteiger partial charge >= 0.3 is 0 Å². The minimum absolute atomic E-state index is 0.141. The Labute approximate surface area is 94.4 Å². The molecular weight excluding hydrogens is 270 g/mol. The van der Waals surface area contributed by atoms with Gasteiger partial charge in [-0.15, -0.1) is 0 Å². The van der Waals surface area contributed by atoms with Gasteiger partial charge in [-0.2, -0.15) is 0 Å². The van der Waals surface area contributed by atoms with Crippen LogP contribution in [0.4, 0.5) is 8.78 Å². The molecule has 0 heterocycles. The Balaban J connectivity index is 2.81. The first-order valence-electron chi connectivity index (χ1n) is 4.24. The molecule has 0 radical (unpaired) electrons. The molecule has 15 heavy (non-hydrogen) atoms. The molecule has 0 aromatic heterocycles. The minimum atomic E-state index is -2.54. The van der Waals surface area contributed by atoms with Gasteiger partial charge in [0.25, 0.3) is 6.43 Å². The summed E-state index contributed by atoms with van der Waals surface area (Å²) >= 11 is 3.01. The van der Waals surface area contributed by atoms with Crippen LogP contribution in [0.5, 0.6) is 5.75 Å². The van der Waals surface area contributed by atoms with Crippen LogP contribution >= 0.6 is 15.9 Å². The van der Waals surface area contributed by atoms with Gasteiger partial charge in [-0.1, -0.05) is 28.1 Å². The maximum absolute atomic E-state index is 11.9. The maximum atomic E-state index is 11.9. The first-order valence-corrected chi connectivity index (χ1v) is 5.36. The van der Waals surface area contributed by atoms with Gasteiger partial charge in [0, 0.05) is 0 Å². The Morgan fingerprint density at radius 3 is 2.67 bits per heavy atom. The fraction of sp³-hybridized carbons (Fsp3) is 0.300. The normalized spacial score (nSPS) is 10.4. The highest BCUT2D eigenvalue weighted by Crippen LogP contribution is 2.19. The Kier molecular flexibility index (Phi) is 4.68. The van der Waals surface area contributed by atoms with Crippen LogP contribution in [-0.2, 0) is 0 Å². The summed E-state index contributed by atoms with van der Waals surface area (Å²) in [4.78, 5) is 11.4. The van der Waals surface area contributed by atoms with E-state index in [1.165, 1.54) is 6.07 Å². The molecule has 0 N–H and O–H groups in total. The predicted octanol–water partition coefficient (Wildman–Crippen LogP) is 2.91. The molecule has 0 unspecified atom stereocenters. The van der Waals surface area contributed by atoms with Crippen molar-refractivity contribution < 1.29 is 18.3 Å². The number of hydrogen-bond acceptors (Lipinski definition) is 2. The lowest BCUT2D eigenvalue weighted by Gasteiger charge is -2.09. The zero-order valence-corrected chi connectivity index (χ0v) is 9.34. The zero-order valence-electron chi connectivity index (χ0n) is 7.75. The fourth-order valence-corrected chi connectivity index (χ4v) is 1.35. The summed E-state index contributed by atoms with van der Waals surface area (Å²) in [7, 11) is 0. The van der Waals surface area contributed by atoms with Crippen LogP contribution in [0.15, 0.2) is 24.3 Å². The molecule has 0 saturated heterocycles. The lowest BCUT2D eigenvalue weighted by Crippen LogP contribution is -2.10. The Hall–Kier alpha value is -0.970. The average molecular weight is 279 g/mol. The largest absolute Gasteiger partial charge is 0.487 e. The number of Topliss-reactive ketones (excluding diaryl/α,β-unsaturated/α-hetero) is 1. The molecule has 0 fully saturated rings. The molecule has 1 aromatic carbocycles. The van der Waals surface area contributed by atoms with E-state index in [2.05, 4.69) is 15.9 Å². The standard InChI is InChI=1S/C10H9BrF2O2/c11-5-8(14)7-3-1-2-4-9(7)15-6-10(12)13/h1-4,10H,5-6H2. The molecule has 0 aliphatic carbocycles. The van der Waals surface area contributed by atoms with Crippen LogP contribution in [-0.4, -0.2) is 24.1 Å². The Bertz CT molecular complexity index is 342. The molecule has 1 aromatic rings. The highest BCUT2D eigenvalue weighted by molar-refractivity contribution is 9.09. The average Bonchev–Trinajstić information content (AvgIpc) is 2.25. The summed E-state index contributed by atoms with van der Waals surface area (Å²) in [6.07, 6.45) is -2.54. The number of ketones is 1. The highest BCUT2D eigenvalue weighted by Gasteiger charge is 2.12. The molecule has 0 aliphatic rings. The van der Waals surface area contributed by atoms with E-state index in [0.29, 0.717) is 5.56 Å². The number of carbonyl (C=O) groups is 1. The van der Waals surface area contributed by atoms with Crippen molar-refractivity contribution in [2.45, 2.75) is 6.43 Å². The van der Waals surface area contributed by atoms with Gasteiger partial charge in [-0.3, -0.25) is 4.79 Å². The lowest BCUT2D eigenvalue weighted by atomic mass is 10.1.